The van der Waals surface area contributed by atoms with Gasteiger partial charge in [-0.05, 0) is 26.2 Å². The summed E-state index contributed by atoms with van der Waals surface area (Å²) in [5.74, 6) is -0.668. The molecule has 0 aliphatic heterocycles. The number of allylic oxidation sites excluding steroid dienone is 6. The molecular formula is C18H30O2. The summed E-state index contributed by atoms with van der Waals surface area (Å²) in [6.45, 7) is 2.01. The Kier molecular flexibility index (Phi) is 14.7. The molecule has 0 aromatic rings. The molecule has 2 nitrogen and oxygen atoms in total. The van der Waals surface area contributed by atoms with Crippen LogP contribution in [0.4, 0.5) is 0 Å². The molecule has 20 heavy (non-hydrogen) atoms. The maximum Gasteiger partial charge on any atom is 0.303 e. The van der Waals surface area contributed by atoms with Gasteiger partial charge in [-0.15, -0.1) is 0 Å². The van der Waals surface area contributed by atoms with Gasteiger partial charge in [-0.3, -0.25) is 4.79 Å². The van der Waals surface area contributed by atoms with Crippen LogP contribution in [0.3, 0.4) is 0 Å². The van der Waals surface area contributed by atoms with Gasteiger partial charge in [-0.1, -0.05) is 75.0 Å². The van der Waals surface area contributed by atoms with E-state index in [9.17, 15) is 4.79 Å². The third-order valence-corrected chi connectivity index (χ3v) is 3.17. The number of unbranched alkanes of at least 4 members (excludes halogenated alkanes) is 8. The van der Waals surface area contributed by atoms with Crippen LogP contribution in [0.15, 0.2) is 36.5 Å². The largest absolute Gasteiger partial charge is 0.481 e. The summed E-state index contributed by atoms with van der Waals surface area (Å²) < 4.78 is 0. The molecule has 0 radical (unpaired) electrons. The van der Waals surface area contributed by atoms with Crippen molar-refractivity contribution in [3.8, 4) is 0 Å². The first-order chi connectivity index (χ1) is 9.77. The summed E-state index contributed by atoms with van der Waals surface area (Å²) in [4.78, 5) is 10.3. The fraction of sp³-hybridized carbons (Fsp3) is 0.611. The molecule has 0 aromatic heterocycles. The minimum atomic E-state index is -0.668. The van der Waals surface area contributed by atoms with E-state index in [1.54, 1.807) is 0 Å². The van der Waals surface area contributed by atoms with Gasteiger partial charge in [0.2, 0.25) is 0 Å². The van der Waals surface area contributed by atoms with Gasteiger partial charge >= 0.3 is 5.97 Å². The zero-order valence-electron chi connectivity index (χ0n) is 12.9. The lowest BCUT2D eigenvalue weighted by molar-refractivity contribution is -0.137. The molecule has 114 valence electrons. The van der Waals surface area contributed by atoms with Crippen molar-refractivity contribution < 1.29 is 9.90 Å². The van der Waals surface area contributed by atoms with E-state index in [1.165, 1.54) is 44.9 Å². The third-order valence-electron chi connectivity index (χ3n) is 3.17. The van der Waals surface area contributed by atoms with E-state index in [4.69, 9.17) is 5.11 Å². The number of rotatable bonds is 13. The Morgan fingerprint density at radius 3 is 1.95 bits per heavy atom. The van der Waals surface area contributed by atoms with Gasteiger partial charge in [0.25, 0.3) is 0 Å². The predicted molar refractivity (Wildman–Crippen MR) is 86.9 cm³/mol. The maximum absolute atomic E-state index is 10.3. The molecular weight excluding hydrogens is 248 g/mol. The molecule has 2 heteroatoms. The van der Waals surface area contributed by atoms with Gasteiger partial charge in [-0.2, -0.15) is 0 Å². The van der Waals surface area contributed by atoms with Crippen LogP contribution in [0.5, 0.6) is 0 Å². The van der Waals surface area contributed by atoms with Crippen molar-refractivity contribution in [1.82, 2.24) is 0 Å². The van der Waals surface area contributed by atoms with Crippen LogP contribution in [0.25, 0.3) is 0 Å². The van der Waals surface area contributed by atoms with Crippen LogP contribution in [0.2, 0.25) is 0 Å². The van der Waals surface area contributed by atoms with Crippen molar-refractivity contribution in [2.24, 2.45) is 0 Å². The van der Waals surface area contributed by atoms with Crippen molar-refractivity contribution in [3.63, 3.8) is 0 Å². The molecule has 0 atom stereocenters. The number of hydrogen-bond acceptors (Lipinski definition) is 1. The Hall–Kier alpha value is -1.31. The Labute approximate surface area is 124 Å². The lowest BCUT2D eigenvalue weighted by atomic mass is 10.1. The predicted octanol–water partition coefficient (Wildman–Crippen LogP) is 5.66. The molecule has 0 spiro atoms. The molecule has 0 rings (SSSR count). The number of hydrogen-bond donors (Lipinski definition) is 1. The van der Waals surface area contributed by atoms with Crippen LogP contribution >= 0.6 is 0 Å². The van der Waals surface area contributed by atoms with Crippen molar-refractivity contribution in [1.29, 1.82) is 0 Å². The molecule has 0 aromatic carbocycles. The van der Waals surface area contributed by atoms with E-state index >= 15 is 0 Å². The minimum absolute atomic E-state index is 0.328. The standard InChI is InChI=1S/C18H30O2/c1-2-3-4-5-6-7-8-9-10-11-12-13-14-15-16-17-18(19)20/h2-7H,8-17H2,1H3,(H,19,20)/b3-2+,5-4+,7-6+. The highest BCUT2D eigenvalue weighted by molar-refractivity contribution is 5.66. The van der Waals surface area contributed by atoms with Crippen molar-refractivity contribution >= 4 is 5.97 Å². The molecule has 0 bridgehead atoms. The highest BCUT2D eigenvalue weighted by Crippen LogP contribution is 2.10. The molecule has 0 heterocycles. The summed E-state index contributed by atoms with van der Waals surface area (Å²) in [5.41, 5.74) is 0. The Balaban J connectivity index is 3.15. The zero-order chi connectivity index (χ0) is 14.9. The zero-order valence-corrected chi connectivity index (χ0v) is 12.9. The molecule has 0 saturated heterocycles. The second-order valence-electron chi connectivity index (χ2n) is 5.10. The van der Waals surface area contributed by atoms with E-state index in [0.717, 1.165) is 12.8 Å². The molecule has 0 aliphatic rings. The Morgan fingerprint density at radius 1 is 0.800 bits per heavy atom. The minimum Gasteiger partial charge on any atom is -0.481 e. The number of carbonyl (C=O) groups is 1. The summed E-state index contributed by atoms with van der Waals surface area (Å²) in [6.07, 6.45) is 23.5. The third kappa shape index (κ3) is 16.7. The average molecular weight is 278 g/mol. The number of aliphatic carboxylic acids is 1. The monoisotopic (exact) mass is 278 g/mol. The molecule has 0 aliphatic carbocycles. The van der Waals surface area contributed by atoms with E-state index < -0.39 is 5.97 Å². The summed E-state index contributed by atoms with van der Waals surface area (Å²) in [7, 11) is 0. The van der Waals surface area contributed by atoms with Crippen LogP contribution in [0.1, 0.15) is 71.1 Å². The van der Waals surface area contributed by atoms with Gasteiger partial charge in [0.1, 0.15) is 0 Å². The van der Waals surface area contributed by atoms with Crippen molar-refractivity contribution in [3.05, 3.63) is 36.5 Å². The van der Waals surface area contributed by atoms with Gasteiger partial charge < -0.3 is 5.11 Å². The normalized spacial score (nSPS) is 12.1. The first kappa shape index (κ1) is 18.7. The molecule has 0 unspecified atom stereocenters. The Morgan fingerprint density at radius 2 is 1.35 bits per heavy atom. The summed E-state index contributed by atoms with van der Waals surface area (Å²) in [6, 6.07) is 0. The number of carboxylic acid groups (broad SMARTS) is 1. The van der Waals surface area contributed by atoms with Crippen LogP contribution in [-0.4, -0.2) is 11.1 Å². The molecule has 1 N–H and O–H groups in total. The maximum atomic E-state index is 10.3. The topological polar surface area (TPSA) is 37.3 Å². The second kappa shape index (κ2) is 15.7. The van der Waals surface area contributed by atoms with Crippen molar-refractivity contribution in [2.45, 2.75) is 71.1 Å². The van der Waals surface area contributed by atoms with Crippen molar-refractivity contribution in [2.75, 3.05) is 0 Å². The second-order valence-corrected chi connectivity index (χ2v) is 5.10. The smallest absolute Gasteiger partial charge is 0.303 e. The van der Waals surface area contributed by atoms with Gasteiger partial charge in [0.05, 0.1) is 0 Å². The number of carboxylic acids is 1. The lowest BCUT2D eigenvalue weighted by Crippen LogP contribution is -1.93. The molecule has 0 saturated carbocycles. The highest BCUT2D eigenvalue weighted by atomic mass is 16.4. The molecule has 0 fully saturated rings. The average Bonchev–Trinajstić information content (AvgIpc) is 2.43. The lowest BCUT2D eigenvalue weighted by Gasteiger charge is -2.00. The quantitative estimate of drug-likeness (QED) is 0.348. The highest BCUT2D eigenvalue weighted by Gasteiger charge is 1.96. The summed E-state index contributed by atoms with van der Waals surface area (Å²) >= 11 is 0. The van der Waals surface area contributed by atoms with E-state index in [1.807, 2.05) is 25.2 Å². The fourth-order valence-corrected chi connectivity index (χ4v) is 2.01. The van der Waals surface area contributed by atoms with Crippen LogP contribution in [-0.2, 0) is 4.79 Å². The van der Waals surface area contributed by atoms with Gasteiger partial charge in [0.15, 0.2) is 0 Å². The van der Waals surface area contributed by atoms with Crippen LogP contribution < -0.4 is 0 Å². The van der Waals surface area contributed by atoms with Gasteiger partial charge in [0, 0.05) is 6.42 Å². The van der Waals surface area contributed by atoms with E-state index in [-0.39, 0.29) is 0 Å². The summed E-state index contributed by atoms with van der Waals surface area (Å²) in [5, 5.41) is 8.50. The first-order valence-corrected chi connectivity index (χ1v) is 7.93. The van der Waals surface area contributed by atoms with Gasteiger partial charge in [-0.25, -0.2) is 0 Å². The SMILES string of the molecule is C/C=C/C=C/C=C/CCCCCCCCCCC(=O)O. The van der Waals surface area contributed by atoms with Crippen LogP contribution in [0, 0.1) is 0 Å². The Bertz CT molecular complexity index is 301. The fourth-order valence-electron chi connectivity index (χ4n) is 2.01. The van der Waals surface area contributed by atoms with E-state index in [0.29, 0.717) is 6.42 Å². The first-order valence-electron chi connectivity index (χ1n) is 7.93. The molecule has 0 amide bonds. The van der Waals surface area contributed by atoms with E-state index in [2.05, 4.69) is 18.2 Å².